The first-order valence-electron chi connectivity index (χ1n) is 6.64. The lowest BCUT2D eigenvalue weighted by atomic mass is 10.2. The molecule has 1 atom stereocenters. The molecule has 0 heterocycles. The Hall–Kier alpha value is -2.02. The highest BCUT2D eigenvalue weighted by Gasteiger charge is 2.19. The second-order valence-electron chi connectivity index (χ2n) is 4.75. The van der Waals surface area contributed by atoms with E-state index in [-0.39, 0.29) is 16.5 Å². The number of hydrogen-bond acceptors (Lipinski definition) is 4. The Bertz CT molecular complexity index is 798. The predicted molar refractivity (Wildman–Crippen MR) is 93.3 cm³/mol. The van der Waals surface area contributed by atoms with E-state index >= 15 is 0 Å². The largest absolute Gasteiger partial charge is 0.479 e. The van der Waals surface area contributed by atoms with Gasteiger partial charge in [-0.05, 0) is 31.2 Å². The van der Waals surface area contributed by atoms with Gasteiger partial charge in [0.1, 0.15) is 5.75 Å². The number of carbonyl (C=O) groups excluding carboxylic acids is 1. The molecule has 2 aromatic carbocycles. The number of carbonyl (C=O) groups is 1. The first kappa shape index (κ1) is 18.3. The summed E-state index contributed by atoms with van der Waals surface area (Å²) in [4.78, 5) is 22.3. The predicted octanol–water partition coefficient (Wildman–Crippen LogP) is 4.96. The third kappa shape index (κ3) is 4.50. The van der Waals surface area contributed by atoms with Gasteiger partial charge >= 0.3 is 0 Å². The Kier molecular flexibility index (Phi) is 5.88. The molecule has 2 aromatic rings. The number of benzene rings is 2. The van der Waals surface area contributed by atoms with E-state index < -0.39 is 16.9 Å². The van der Waals surface area contributed by atoms with Gasteiger partial charge in [-0.15, -0.1) is 0 Å². The Labute approximate surface area is 152 Å². The lowest BCUT2D eigenvalue weighted by Crippen LogP contribution is -2.30. The van der Waals surface area contributed by atoms with Crippen molar-refractivity contribution in [2.24, 2.45) is 0 Å². The third-order valence-electron chi connectivity index (χ3n) is 2.99. The number of non-ortho nitro benzene ring substituents is 1. The monoisotopic (exact) mass is 388 g/mol. The van der Waals surface area contributed by atoms with E-state index in [2.05, 4.69) is 5.32 Å². The average molecular weight is 390 g/mol. The minimum atomic E-state index is -0.918. The van der Waals surface area contributed by atoms with Crippen molar-refractivity contribution in [2.45, 2.75) is 13.0 Å². The SMILES string of the molecule is C[C@@H](Oc1ccc([N+](=O)[O-])cc1Cl)C(=O)Nc1cc(Cl)ccc1Cl. The molecule has 0 aromatic heterocycles. The van der Waals surface area contributed by atoms with E-state index in [1.54, 1.807) is 12.1 Å². The standard InChI is InChI=1S/C15H11Cl3N2O4/c1-8(15(21)19-13-6-9(16)2-4-11(13)17)24-14-5-3-10(20(22)23)7-12(14)18/h2-8H,1H3,(H,19,21)/t8-/m1/s1. The Balaban J connectivity index is 2.09. The van der Waals surface area contributed by atoms with E-state index in [0.29, 0.717) is 15.7 Å². The van der Waals surface area contributed by atoms with Crippen molar-refractivity contribution >= 4 is 52.1 Å². The van der Waals surface area contributed by atoms with Crippen LogP contribution in [0.25, 0.3) is 0 Å². The van der Waals surface area contributed by atoms with Crippen molar-refractivity contribution in [3.63, 3.8) is 0 Å². The van der Waals surface area contributed by atoms with Gasteiger partial charge in [0.15, 0.2) is 6.10 Å². The molecule has 24 heavy (non-hydrogen) atoms. The molecule has 0 aliphatic carbocycles. The summed E-state index contributed by atoms with van der Waals surface area (Å²) in [5.41, 5.74) is 0.176. The zero-order valence-electron chi connectivity index (χ0n) is 12.3. The molecular formula is C15H11Cl3N2O4. The quantitative estimate of drug-likeness (QED) is 0.579. The van der Waals surface area contributed by atoms with Crippen LogP contribution in [0.5, 0.6) is 5.75 Å². The van der Waals surface area contributed by atoms with Gasteiger partial charge in [0.05, 0.1) is 20.7 Å². The molecule has 126 valence electrons. The highest BCUT2D eigenvalue weighted by Crippen LogP contribution is 2.30. The number of nitro groups is 1. The molecule has 0 unspecified atom stereocenters. The number of anilines is 1. The Morgan fingerprint density at radius 1 is 1.17 bits per heavy atom. The topological polar surface area (TPSA) is 81.5 Å². The maximum absolute atomic E-state index is 12.2. The minimum absolute atomic E-state index is 0.0321. The van der Waals surface area contributed by atoms with Crippen LogP contribution in [0.1, 0.15) is 6.92 Å². The summed E-state index contributed by atoms with van der Waals surface area (Å²) in [5.74, 6) is -0.323. The molecule has 0 saturated heterocycles. The summed E-state index contributed by atoms with van der Waals surface area (Å²) in [6.07, 6.45) is -0.918. The fraction of sp³-hybridized carbons (Fsp3) is 0.133. The second-order valence-corrected chi connectivity index (χ2v) is 6.00. The van der Waals surface area contributed by atoms with Gasteiger partial charge in [0.2, 0.25) is 0 Å². The van der Waals surface area contributed by atoms with Crippen LogP contribution in [-0.4, -0.2) is 16.9 Å². The van der Waals surface area contributed by atoms with Gasteiger partial charge in [-0.3, -0.25) is 14.9 Å². The van der Waals surface area contributed by atoms with Gasteiger partial charge in [-0.2, -0.15) is 0 Å². The summed E-state index contributed by atoms with van der Waals surface area (Å²) in [6, 6.07) is 8.37. The van der Waals surface area contributed by atoms with Crippen LogP contribution in [-0.2, 0) is 4.79 Å². The molecule has 0 saturated carbocycles. The lowest BCUT2D eigenvalue weighted by molar-refractivity contribution is -0.384. The zero-order valence-corrected chi connectivity index (χ0v) is 14.5. The van der Waals surface area contributed by atoms with E-state index in [0.717, 1.165) is 6.07 Å². The Morgan fingerprint density at radius 2 is 1.88 bits per heavy atom. The number of nitro benzene ring substituents is 1. The minimum Gasteiger partial charge on any atom is -0.479 e. The van der Waals surface area contributed by atoms with Crippen LogP contribution in [0.3, 0.4) is 0 Å². The molecule has 2 rings (SSSR count). The number of ether oxygens (including phenoxy) is 1. The number of halogens is 3. The van der Waals surface area contributed by atoms with Crippen LogP contribution in [0.4, 0.5) is 11.4 Å². The van der Waals surface area contributed by atoms with E-state index in [4.69, 9.17) is 39.5 Å². The molecular weight excluding hydrogens is 379 g/mol. The van der Waals surface area contributed by atoms with Gasteiger partial charge < -0.3 is 10.1 Å². The summed E-state index contributed by atoms with van der Waals surface area (Å²) in [6.45, 7) is 1.51. The van der Waals surface area contributed by atoms with Gasteiger partial charge in [-0.25, -0.2) is 0 Å². The van der Waals surface area contributed by atoms with Crippen LogP contribution >= 0.6 is 34.8 Å². The van der Waals surface area contributed by atoms with Crippen molar-refractivity contribution in [2.75, 3.05) is 5.32 Å². The molecule has 9 heteroatoms. The van der Waals surface area contributed by atoms with Crippen LogP contribution < -0.4 is 10.1 Å². The van der Waals surface area contributed by atoms with Crippen LogP contribution in [0.15, 0.2) is 36.4 Å². The van der Waals surface area contributed by atoms with E-state index in [1.165, 1.54) is 25.1 Å². The molecule has 0 fully saturated rings. The average Bonchev–Trinajstić information content (AvgIpc) is 2.52. The van der Waals surface area contributed by atoms with Crippen molar-refractivity contribution in [1.29, 1.82) is 0 Å². The molecule has 1 amide bonds. The molecule has 1 N–H and O–H groups in total. The lowest BCUT2D eigenvalue weighted by Gasteiger charge is -2.16. The highest BCUT2D eigenvalue weighted by atomic mass is 35.5. The summed E-state index contributed by atoms with van der Waals surface area (Å²) < 4.78 is 5.44. The van der Waals surface area contributed by atoms with Crippen LogP contribution in [0, 0.1) is 10.1 Å². The van der Waals surface area contributed by atoms with Gasteiger partial charge in [0, 0.05) is 17.2 Å². The maximum atomic E-state index is 12.2. The maximum Gasteiger partial charge on any atom is 0.271 e. The van der Waals surface area contributed by atoms with Gasteiger partial charge in [-0.1, -0.05) is 34.8 Å². The van der Waals surface area contributed by atoms with Crippen molar-refractivity contribution in [3.05, 3.63) is 61.6 Å². The first-order valence-corrected chi connectivity index (χ1v) is 7.78. The first-order chi connectivity index (χ1) is 11.3. The molecule has 0 bridgehead atoms. The molecule has 0 aliphatic rings. The number of nitrogens with zero attached hydrogens (tertiary/aromatic N) is 1. The van der Waals surface area contributed by atoms with E-state index in [9.17, 15) is 14.9 Å². The normalized spacial score (nSPS) is 11.7. The summed E-state index contributed by atoms with van der Waals surface area (Å²) in [5, 5.41) is 14.0. The fourth-order valence-corrected chi connectivity index (χ4v) is 2.33. The number of hydrogen-bond donors (Lipinski definition) is 1. The second kappa shape index (κ2) is 7.70. The number of nitrogens with one attached hydrogen (secondary N) is 1. The molecule has 0 aliphatic heterocycles. The number of amides is 1. The fourth-order valence-electron chi connectivity index (χ4n) is 1.77. The number of rotatable bonds is 5. The van der Waals surface area contributed by atoms with Crippen molar-refractivity contribution in [1.82, 2.24) is 0 Å². The third-order valence-corrected chi connectivity index (χ3v) is 3.85. The van der Waals surface area contributed by atoms with Gasteiger partial charge in [0.25, 0.3) is 11.6 Å². The Morgan fingerprint density at radius 3 is 2.50 bits per heavy atom. The molecule has 0 spiro atoms. The zero-order chi connectivity index (χ0) is 17.9. The van der Waals surface area contributed by atoms with E-state index in [1.807, 2.05) is 0 Å². The molecule has 6 nitrogen and oxygen atoms in total. The highest BCUT2D eigenvalue weighted by molar-refractivity contribution is 6.35. The molecule has 0 radical (unpaired) electrons. The summed E-state index contributed by atoms with van der Waals surface area (Å²) >= 11 is 17.8. The van der Waals surface area contributed by atoms with Crippen LogP contribution in [0.2, 0.25) is 15.1 Å². The summed E-state index contributed by atoms with van der Waals surface area (Å²) in [7, 11) is 0. The van der Waals surface area contributed by atoms with Crippen molar-refractivity contribution < 1.29 is 14.5 Å². The smallest absolute Gasteiger partial charge is 0.271 e. The van der Waals surface area contributed by atoms with Crippen molar-refractivity contribution in [3.8, 4) is 5.75 Å².